The van der Waals surface area contributed by atoms with Crippen LogP contribution in [0.15, 0.2) is 42.5 Å². The molecule has 0 aliphatic heterocycles. The molecule has 2 N–H and O–H groups in total. The monoisotopic (exact) mass is 443 g/mol. The van der Waals surface area contributed by atoms with Gasteiger partial charge in [0, 0.05) is 23.6 Å². The molecule has 0 aromatic heterocycles. The summed E-state index contributed by atoms with van der Waals surface area (Å²) in [5.41, 5.74) is 1.10. The number of rotatable bonds is 11. The Labute approximate surface area is 219 Å². The zero-order chi connectivity index (χ0) is 21.4. The predicted molar refractivity (Wildman–Crippen MR) is 106 cm³/mol. The topological polar surface area (TPSA) is 72.4 Å². The Hall–Kier alpha value is -0.674. The number of hydrogen-bond donors (Lipinski definition) is 2. The smallest absolute Gasteiger partial charge is 0.550 e. The van der Waals surface area contributed by atoms with Crippen molar-refractivity contribution < 1.29 is 75.2 Å². The van der Waals surface area contributed by atoms with Crippen LogP contribution in [-0.2, 0) is 17.6 Å². The van der Waals surface area contributed by atoms with Crippen LogP contribution in [0.2, 0.25) is 0 Å². The molecule has 30 heavy (non-hydrogen) atoms. The molecule has 7 heteroatoms. The first-order valence-electron chi connectivity index (χ1n) is 9.82. The van der Waals surface area contributed by atoms with Crippen molar-refractivity contribution in [1.29, 1.82) is 0 Å². The maximum atomic E-state index is 14.1. The third-order valence-corrected chi connectivity index (χ3v) is 4.98. The molecule has 0 fully saturated rings. The summed E-state index contributed by atoms with van der Waals surface area (Å²) in [6, 6.07) is 12.4. The molecule has 2 aromatic carbocycles. The van der Waals surface area contributed by atoms with Crippen molar-refractivity contribution >= 4 is 5.97 Å². The largest absolute Gasteiger partial charge is 1.00 e. The van der Waals surface area contributed by atoms with Crippen LogP contribution in [0.25, 0.3) is 0 Å². The summed E-state index contributed by atoms with van der Waals surface area (Å²) in [6.07, 6.45) is 1.19. The van der Waals surface area contributed by atoms with Crippen LogP contribution in [0.5, 0.6) is 0 Å². The zero-order valence-corrected chi connectivity index (χ0v) is 21.0. The van der Waals surface area contributed by atoms with Gasteiger partial charge in [-0.1, -0.05) is 36.4 Å². The standard InChI is InChI=1S/C23H29F2NO3.K/c1-23(2,12-6-9-16-7-4-3-5-8-16)26-15-20(27)18-13-17(10-11-21(28)29)14-19(24)22(18)25;/h3-5,7-8,13-14,20,26-27H,6,9-12,15H2,1-2H3,(H,28,29);/q;+1/p-1/t20-;/m1./s1. The first-order valence-corrected chi connectivity index (χ1v) is 9.82. The number of carboxylic acids is 1. The molecular weight excluding hydrogens is 415 g/mol. The quantitative estimate of drug-likeness (QED) is 0.483. The maximum absolute atomic E-state index is 14.1. The van der Waals surface area contributed by atoms with Crippen molar-refractivity contribution in [2.75, 3.05) is 6.54 Å². The summed E-state index contributed by atoms with van der Waals surface area (Å²) in [5.74, 6) is -3.48. The summed E-state index contributed by atoms with van der Waals surface area (Å²) < 4.78 is 28.0. The summed E-state index contributed by atoms with van der Waals surface area (Å²) in [5, 5.41) is 24.2. The van der Waals surface area contributed by atoms with E-state index >= 15 is 0 Å². The second kappa shape index (κ2) is 13.0. The minimum absolute atomic E-state index is 0. The van der Waals surface area contributed by atoms with E-state index in [-0.39, 0.29) is 81.9 Å². The number of benzene rings is 2. The van der Waals surface area contributed by atoms with Crippen LogP contribution >= 0.6 is 0 Å². The number of halogens is 2. The molecule has 0 saturated carbocycles. The van der Waals surface area contributed by atoms with Crippen molar-refractivity contribution in [1.82, 2.24) is 5.32 Å². The molecule has 0 heterocycles. The number of hydrogen-bond acceptors (Lipinski definition) is 4. The molecule has 0 bridgehead atoms. The van der Waals surface area contributed by atoms with Gasteiger partial charge in [0.1, 0.15) is 0 Å². The Morgan fingerprint density at radius 2 is 1.80 bits per heavy atom. The maximum Gasteiger partial charge on any atom is 1.00 e. The molecule has 1 atom stereocenters. The third kappa shape index (κ3) is 9.22. The van der Waals surface area contributed by atoms with Gasteiger partial charge in [-0.25, -0.2) is 8.78 Å². The molecule has 0 unspecified atom stereocenters. The Morgan fingerprint density at radius 1 is 1.13 bits per heavy atom. The summed E-state index contributed by atoms with van der Waals surface area (Å²) in [4.78, 5) is 10.6. The molecular formula is C23H28F2KNO3. The molecule has 0 aliphatic carbocycles. The summed E-state index contributed by atoms with van der Waals surface area (Å²) >= 11 is 0. The fourth-order valence-corrected chi connectivity index (χ4v) is 3.25. The van der Waals surface area contributed by atoms with E-state index in [1.807, 2.05) is 32.0 Å². The van der Waals surface area contributed by atoms with E-state index in [0.717, 1.165) is 25.3 Å². The third-order valence-electron chi connectivity index (χ3n) is 4.98. The van der Waals surface area contributed by atoms with E-state index in [1.54, 1.807) is 0 Å². The van der Waals surface area contributed by atoms with E-state index in [1.165, 1.54) is 11.6 Å². The van der Waals surface area contributed by atoms with Gasteiger partial charge < -0.3 is 20.3 Å². The number of aliphatic carboxylic acids is 1. The molecule has 0 radical (unpaired) electrons. The van der Waals surface area contributed by atoms with Crippen LogP contribution in [0, 0.1) is 11.6 Å². The van der Waals surface area contributed by atoms with Gasteiger partial charge in [0.2, 0.25) is 0 Å². The average molecular weight is 444 g/mol. The molecule has 2 rings (SSSR count). The van der Waals surface area contributed by atoms with Crippen LogP contribution in [-0.4, -0.2) is 23.2 Å². The van der Waals surface area contributed by atoms with E-state index < -0.39 is 23.7 Å². The van der Waals surface area contributed by atoms with Crippen LogP contribution < -0.4 is 61.8 Å². The van der Waals surface area contributed by atoms with Gasteiger partial charge in [-0.3, -0.25) is 0 Å². The SMILES string of the molecule is CC(C)(CCCc1ccccc1)NC[C@@H](O)c1cc(CCC(=O)[O-])cc(F)c1F.[K+]. The van der Waals surface area contributed by atoms with E-state index in [0.29, 0.717) is 5.56 Å². The van der Waals surface area contributed by atoms with E-state index in [4.69, 9.17) is 0 Å². The van der Waals surface area contributed by atoms with Gasteiger partial charge in [0.15, 0.2) is 11.6 Å². The van der Waals surface area contributed by atoms with Crippen molar-refractivity contribution in [3.63, 3.8) is 0 Å². The van der Waals surface area contributed by atoms with Crippen LogP contribution in [0.4, 0.5) is 8.78 Å². The van der Waals surface area contributed by atoms with Gasteiger partial charge >= 0.3 is 51.4 Å². The molecule has 0 saturated heterocycles. The predicted octanol–water partition coefficient (Wildman–Crippen LogP) is 0.0758. The Balaban J connectivity index is 0.00000450. The number of aryl methyl sites for hydroxylation is 2. The number of carbonyl (C=O) groups excluding carboxylic acids is 1. The Bertz CT molecular complexity index is 816. The van der Waals surface area contributed by atoms with E-state index in [2.05, 4.69) is 17.4 Å². The Kier molecular flexibility index (Phi) is 11.9. The normalized spacial score (nSPS) is 12.3. The second-order valence-corrected chi connectivity index (χ2v) is 7.97. The van der Waals surface area contributed by atoms with Gasteiger partial charge in [0.05, 0.1) is 6.10 Å². The van der Waals surface area contributed by atoms with E-state index in [9.17, 15) is 23.8 Å². The summed E-state index contributed by atoms with van der Waals surface area (Å²) in [7, 11) is 0. The first kappa shape index (κ1) is 27.4. The zero-order valence-electron chi connectivity index (χ0n) is 17.9. The number of carbonyl (C=O) groups is 1. The number of β-amino-alcohol motifs (C(OH)–C–C–N with tert-alkyl or cyclic N) is 1. The number of carboxylic acid groups (broad SMARTS) is 1. The summed E-state index contributed by atoms with van der Waals surface area (Å²) in [6.45, 7) is 4.05. The van der Waals surface area contributed by atoms with Crippen molar-refractivity contribution in [3.8, 4) is 0 Å². The van der Waals surface area contributed by atoms with Gasteiger partial charge in [0.25, 0.3) is 0 Å². The first-order chi connectivity index (χ1) is 13.7. The van der Waals surface area contributed by atoms with Crippen LogP contribution in [0.3, 0.4) is 0 Å². The molecule has 0 spiro atoms. The van der Waals surface area contributed by atoms with Crippen molar-refractivity contribution in [2.24, 2.45) is 0 Å². The number of aliphatic hydroxyl groups is 1. The molecule has 0 amide bonds. The minimum Gasteiger partial charge on any atom is -0.550 e. The fraction of sp³-hybridized carbons (Fsp3) is 0.435. The number of nitrogens with one attached hydrogen (secondary N) is 1. The van der Waals surface area contributed by atoms with Gasteiger partial charge in [-0.2, -0.15) is 0 Å². The fourth-order valence-electron chi connectivity index (χ4n) is 3.25. The molecule has 4 nitrogen and oxygen atoms in total. The molecule has 0 aliphatic rings. The second-order valence-electron chi connectivity index (χ2n) is 7.97. The van der Waals surface area contributed by atoms with Crippen molar-refractivity contribution in [3.05, 3.63) is 70.8 Å². The van der Waals surface area contributed by atoms with Gasteiger partial charge in [-0.05, 0) is 63.1 Å². The van der Waals surface area contributed by atoms with Crippen molar-refractivity contribution in [2.45, 2.75) is 57.6 Å². The molecule has 158 valence electrons. The average Bonchev–Trinajstić information content (AvgIpc) is 2.67. The van der Waals surface area contributed by atoms with Crippen LogP contribution in [0.1, 0.15) is 55.9 Å². The number of aliphatic hydroxyl groups excluding tert-OH is 1. The Morgan fingerprint density at radius 3 is 2.43 bits per heavy atom. The minimum atomic E-state index is -1.27. The molecule has 2 aromatic rings. The van der Waals surface area contributed by atoms with Gasteiger partial charge in [-0.15, -0.1) is 0 Å².